The molecular formula is C15H22N2. The molecule has 0 bridgehead atoms. The van der Waals surface area contributed by atoms with E-state index in [4.69, 9.17) is 0 Å². The van der Waals surface area contributed by atoms with Crippen LogP contribution in [0.4, 0.5) is 0 Å². The molecule has 1 aliphatic rings. The lowest BCUT2D eigenvalue weighted by atomic mass is 10.0. The number of nitrogens with one attached hydrogen (secondary N) is 1. The van der Waals surface area contributed by atoms with E-state index in [1.165, 1.54) is 18.7 Å². The van der Waals surface area contributed by atoms with Gasteiger partial charge in [0.2, 0.25) is 0 Å². The average molecular weight is 230 g/mol. The second-order valence-corrected chi connectivity index (χ2v) is 4.58. The third kappa shape index (κ3) is 3.69. The van der Waals surface area contributed by atoms with E-state index >= 15 is 0 Å². The third-order valence-electron chi connectivity index (χ3n) is 3.31. The van der Waals surface area contributed by atoms with E-state index < -0.39 is 0 Å². The van der Waals surface area contributed by atoms with Crippen LogP contribution in [0.15, 0.2) is 42.5 Å². The molecule has 2 nitrogen and oxygen atoms in total. The van der Waals surface area contributed by atoms with Crippen molar-refractivity contribution in [1.29, 1.82) is 0 Å². The van der Waals surface area contributed by atoms with Crippen LogP contribution in [-0.4, -0.2) is 31.1 Å². The van der Waals surface area contributed by atoms with Crippen LogP contribution >= 0.6 is 0 Å². The number of benzene rings is 1. The van der Waals surface area contributed by atoms with Crippen LogP contribution < -0.4 is 5.32 Å². The highest BCUT2D eigenvalue weighted by atomic mass is 15.2. The van der Waals surface area contributed by atoms with Gasteiger partial charge in [-0.05, 0) is 18.9 Å². The lowest BCUT2D eigenvalue weighted by Crippen LogP contribution is -2.45. The van der Waals surface area contributed by atoms with E-state index in [0.717, 1.165) is 19.5 Å². The summed E-state index contributed by atoms with van der Waals surface area (Å²) in [4.78, 5) is 2.55. The van der Waals surface area contributed by atoms with Crippen LogP contribution in [0.25, 0.3) is 0 Å². The first-order valence-electron chi connectivity index (χ1n) is 6.52. The van der Waals surface area contributed by atoms with Gasteiger partial charge in [-0.15, -0.1) is 0 Å². The summed E-state index contributed by atoms with van der Waals surface area (Å²) in [6, 6.07) is 11.2. The van der Waals surface area contributed by atoms with Crippen LogP contribution in [0.3, 0.4) is 0 Å². The summed E-state index contributed by atoms with van der Waals surface area (Å²) in [6.45, 7) is 6.65. The highest BCUT2D eigenvalue weighted by Gasteiger charge is 2.19. The molecule has 1 aliphatic heterocycles. The lowest BCUT2D eigenvalue weighted by molar-refractivity contribution is 0.204. The number of rotatable bonds is 4. The standard InChI is InChI=1S/C15H22N2/c1-2-3-7-11-17-12-10-16-15(13-17)14-8-5-4-6-9-14/h2-6,8-9,15-16H,7,10-13H2,1H3/b3-2+. The molecular weight excluding hydrogens is 208 g/mol. The zero-order chi connectivity index (χ0) is 11.9. The molecule has 1 aromatic rings. The molecule has 2 rings (SSSR count). The van der Waals surface area contributed by atoms with Gasteiger partial charge >= 0.3 is 0 Å². The van der Waals surface area contributed by atoms with Crippen molar-refractivity contribution in [2.75, 3.05) is 26.2 Å². The molecule has 1 atom stereocenters. The summed E-state index contributed by atoms with van der Waals surface area (Å²) < 4.78 is 0. The van der Waals surface area contributed by atoms with Gasteiger partial charge in [-0.25, -0.2) is 0 Å². The van der Waals surface area contributed by atoms with Gasteiger partial charge < -0.3 is 5.32 Å². The number of piperazine rings is 1. The van der Waals surface area contributed by atoms with Crippen LogP contribution in [0.5, 0.6) is 0 Å². The molecule has 1 N–H and O–H groups in total. The summed E-state index contributed by atoms with van der Waals surface area (Å²) in [7, 11) is 0. The quantitative estimate of drug-likeness (QED) is 0.800. The first-order chi connectivity index (χ1) is 8.40. The molecule has 1 heterocycles. The molecule has 1 aromatic carbocycles. The number of hydrogen-bond acceptors (Lipinski definition) is 2. The monoisotopic (exact) mass is 230 g/mol. The van der Waals surface area contributed by atoms with Crippen LogP contribution in [0, 0.1) is 0 Å². The maximum absolute atomic E-state index is 3.60. The Morgan fingerprint density at radius 1 is 1.35 bits per heavy atom. The van der Waals surface area contributed by atoms with Gasteiger partial charge in [-0.3, -0.25) is 4.90 Å². The maximum Gasteiger partial charge on any atom is 0.0449 e. The molecule has 92 valence electrons. The fraction of sp³-hybridized carbons (Fsp3) is 0.467. The van der Waals surface area contributed by atoms with Gasteiger partial charge in [0.15, 0.2) is 0 Å². The molecule has 17 heavy (non-hydrogen) atoms. The minimum absolute atomic E-state index is 0.496. The molecule has 0 spiro atoms. The first-order valence-corrected chi connectivity index (χ1v) is 6.52. The zero-order valence-electron chi connectivity index (χ0n) is 10.6. The zero-order valence-corrected chi connectivity index (χ0v) is 10.6. The lowest BCUT2D eigenvalue weighted by Gasteiger charge is -2.33. The van der Waals surface area contributed by atoms with Crippen molar-refractivity contribution < 1.29 is 0 Å². The van der Waals surface area contributed by atoms with Gasteiger partial charge in [0, 0.05) is 32.2 Å². The number of hydrogen-bond donors (Lipinski definition) is 1. The van der Waals surface area contributed by atoms with E-state index in [0.29, 0.717) is 6.04 Å². The van der Waals surface area contributed by atoms with Gasteiger partial charge in [0.1, 0.15) is 0 Å². The van der Waals surface area contributed by atoms with Crippen molar-refractivity contribution in [1.82, 2.24) is 10.2 Å². The van der Waals surface area contributed by atoms with Crippen molar-refractivity contribution >= 4 is 0 Å². The highest BCUT2D eigenvalue weighted by Crippen LogP contribution is 2.16. The summed E-state index contributed by atoms with van der Waals surface area (Å²) >= 11 is 0. The smallest absolute Gasteiger partial charge is 0.0449 e. The molecule has 0 radical (unpaired) electrons. The molecule has 1 saturated heterocycles. The van der Waals surface area contributed by atoms with Gasteiger partial charge in [-0.1, -0.05) is 42.5 Å². The predicted octanol–water partition coefficient (Wildman–Crippen LogP) is 2.60. The fourth-order valence-corrected chi connectivity index (χ4v) is 2.35. The van der Waals surface area contributed by atoms with E-state index in [1.54, 1.807) is 0 Å². The van der Waals surface area contributed by atoms with E-state index in [1.807, 2.05) is 0 Å². The molecule has 0 amide bonds. The summed E-state index contributed by atoms with van der Waals surface area (Å²) in [6.07, 6.45) is 5.55. The van der Waals surface area contributed by atoms with Crippen LogP contribution in [0.2, 0.25) is 0 Å². The second-order valence-electron chi connectivity index (χ2n) is 4.58. The van der Waals surface area contributed by atoms with Crippen LogP contribution in [-0.2, 0) is 0 Å². The Balaban J connectivity index is 1.89. The van der Waals surface area contributed by atoms with Crippen molar-refractivity contribution in [3.8, 4) is 0 Å². The highest BCUT2D eigenvalue weighted by molar-refractivity contribution is 5.19. The minimum atomic E-state index is 0.496. The summed E-state index contributed by atoms with van der Waals surface area (Å²) in [5.41, 5.74) is 1.41. The van der Waals surface area contributed by atoms with Crippen molar-refractivity contribution in [2.24, 2.45) is 0 Å². The third-order valence-corrected chi connectivity index (χ3v) is 3.31. The summed E-state index contributed by atoms with van der Waals surface area (Å²) in [5.74, 6) is 0. The van der Waals surface area contributed by atoms with Crippen molar-refractivity contribution in [3.05, 3.63) is 48.0 Å². The molecule has 0 aromatic heterocycles. The Kier molecular flexibility index (Phi) is 4.77. The average Bonchev–Trinajstić information content (AvgIpc) is 2.41. The van der Waals surface area contributed by atoms with Gasteiger partial charge in [0.05, 0.1) is 0 Å². The molecule has 0 aliphatic carbocycles. The number of nitrogens with zero attached hydrogens (tertiary/aromatic N) is 1. The Bertz CT molecular complexity index is 345. The van der Waals surface area contributed by atoms with Gasteiger partial charge in [0.25, 0.3) is 0 Å². The van der Waals surface area contributed by atoms with E-state index in [2.05, 4.69) is 59.6 Å². The normalized spacial score (nSPS) is 22.1. The van der Waals surface area contributed by atoms with Crippen LogP contribution in [0.1, 0.15) is 24.9 Å². The Hall–Kier alpha value is -1.12. The molecule has 0 saturated carbocycles. The van der Waals surface area contributed by atoms with Gasteiger partial charge in [-0.2, -0.15) is 0 Å². The van der Waals surface area contributed by atoms with Crippen molar-refractivity contribution in [3.63, 3.8) is 0 Å². The Morgan fingerprint density at radius 3 is 2.94 bits per heavy atom. The topological polar surface area (TPSA) is 15.3 Å². The Morgan fingerprint density at radius 2 is 2.18 bits per heavy atom. The molecule has 2 heteroatoms. The SMILES string of the molecule is C/C=C/CCN1CCNC(c2ccccc2)C1. The fourth-order valence-electron chi connectivity index (χ4n) is 2.35. The van der Waals surface area contributed by atoms with E-state index in [-0.39, 0.29) is 0 Å². The number of allylic oxidation sites excluding steroid dienone is 1. The maximum atomic E-state index is 3.60. The van der Waals surface area contributed by atoms with E-state index in [9.17, 15) is 0 Å². The predicted molar refractivity (Wildman–Crippen MR) is 73.1 cm³/mol. The first kappa shape index (κ1) is 12.3. The minimum Gasteiger partial charge on any atom is -0.308 e. The van der Waals surface area contributed by atoms with Crippen molar-refractivity contribution in [2.45, 2.75) is 19.4 Å². The summed E-state index contributed by atoms with van der Waals surface area (Å²) in [5, 5.41) is 3.60. The largest absolute Gasteiger partial charge is 0.308 e. The Labute approximate surface area is 104 Å². The second kappa shape index (κ2) is 6.58. The molecule has 1 unspecified atom stereocenters. The molecule has 1 fully saturated rings.